The van der Waals surface area contributed by atoms with Crippen LogP contribution in [0.25, 0.3) is 0 Å². The average Bonchev–Trinajstić information content (AvgIpc) is 2.48. The highest BCUT2D eigenvalue weighted by Gasteiger charge is 2.20. The molecule has 8 heteroatoms. The molecule has 8 nitrogen and oxygen atoms in total. The molecule has 0 heterocycles. The molecule has 0 aliphatic carbocycles. The van der Waals surface area contributed by atoms with Crippen molar-refractivity contribution in [3.63, 3.8) is 0 Å². The van der Waals surface area contributed by atoms with E-state index in [9.17, 15) is 19.5 Å². The Morgan fingerprint density at radius 3 is 2.19 bits per heavy atom. The molecule has 0 aromatic carbocycles. The third-order valence-electron chi connectivity index (χ3n) is 3.68. The van der Waals surface area contributed by atoms with Gasteiger partial charge in [-0.15, -0.1) is 0 Å². The summed E-state index contributed by atoms with van der Waals surface area (Å²) in [5.74, 6) is -1.08. The summed E-state index contributed by atoms with van der Waals surface area (Å²) in [6, 6.07) is -0.946. The van der Waals surface area contributed by atoms with E-state index >= 15 is 0 Å². The van der Waals surface area contributed by atoms with Crippen molar-refractivity contribution in [2.75, 3.05) is 6.54 Å². The van der Waals surface area contributed by atoms with Crippen LogP contribution in [-0.4, -0.2) is 41.4 Å². The van der Waals surface area contributed by atoms with Crippen LogP contribution in [0.5, 0.6) is 0 Å². The van der Waals surface area contributed by atoms with E-state index in [0.29, 0.717) is 12.3 Å². The number of aliphatic imine (C=N–C) groups is 1. The highest BCUT2D eigenvalue weighted by Crippen LogP contribution is 2.10. The molecule has 0 aliphatic heterocycles. The number of carbonyl (C=O) groups is 3. The molecule has 0 saturated carbocycles. The fourth-order valence-electron chi connectivity index (χ4n) is 2.48. The number of carboxylic acid groups (broad SMARTS) is 1. The van der Waals surface area contributed by atoms with Gasteiger partial charge in [-0.1, -0.05) is 34.6 Å². The molecule has 2 amide bonds. The molecular weight excluding hydrogens is 336 g/mol. The second-order valence-corrected chi connectivity index (χ2v) is 7.49. The number of rotatable bonds is 11. The Morgan fingerprint density at radius 1 is 1.08 bits per heavy atom. The Hall–Kier alpha value is -2.12. The van der Waals surface area contributed by atoms with E-state index in [0.717, 1.165) is 6.42 Å². The van der Waals surface area contributed by atoms with E-state index < -0.39 is 12.0 Å². The van der Waals surface area contributed by atoms with Crippen LogP contribution >= 0.6 is 0 Å². The molecule has 0 fully saturated rings. The number of nitrogens with two attached hydrogens (primary N) is 1. The quantitative estimate of drug-likeness (QED) is 0.248. The minimum absolute atomic E-state index is 0.0290. The summed E-state index contributed by atoms with van der Waals surface area (Å²) in [5, 5.41) is 14.3. The number of nitrogens with one attached hydrogen (secondary N) is 2. The van der Waals surface area contributed by atoms with E-state index in [1.165, 1.54) is 0 Å². The molecule has 0 aromatic heterocycles. The maximum absolute atomic E-state index is 11.9. The summed E-state index contributed by atoms with van der Waals surface area (Å²) >= 11 is 0. The molecule has 150 valence electrons. The first kappa shape index (κ1) is 23.9. The Bertz CT molecular complexity index is 503. The van der Waals surface area contributed by atoms with Crippen LogP contribution in [0.15, 0.2) is 4.99 Å². The van der Waals surface area contributed by atoms with Gasteiger partial charge in [-0.05, 0) is 31.1 Å². The molecule has 0 radical (unpaired) electrons. The molecule has 2 atom stereocenters. The van der Waals surface area contributed by atoms with Crippen molar-refractivity contribution in [2.45, 2.75) is 66.3 Å². The lowest BCUT2D eigenvalue weighted by molar-refractivity contribution is -0.142. The number of nitrogens with zero attached hydrogens (tertiary/aromatic N) is 1. The number of guanidine groups is 1. The van der Waals surface area contributed by atoms with Crippen molar-refractivity contribution in [2.24, 2.45) is 28.5 Å². The van der Waals surface area contributed by atoms with Gasteiger partial charge in [0.25, 0.3) is 0 Å². The highest BCUT2D eigenvalue weighted by atomic mass is 16.4. The number of hydrogen-bond donors (Lipinski definition) is 4. The van der Waals surface area contributed by atoms with Crippen LogP contribution in [0, 0.1) is 17.8 Å². The molecular formula is C18H34N4O4. The minimum Gasteiger partial charge on any atom is -0.480 e. The van der Waals surface area contributed by atoms with Crippen molar-refractivity contribution in [3.05, 3.63) is 0 Å². The largest absolute Gasteiger partial charge is 0.480 e. The fraction of sp³-hybridized carbons (Fsp3) is 0.778. The zero-order valence-electron chi connectivity index (χ0n) is 16.5. The van der Waals surface area contributed by atoms with Crippen LogP contribution in [0.4, 0.5) is 0 Å². The lowest BCUT2D eigenvalue weighted by atomic mass is 9.98. The van der Waals surface area contributed by atoms with Gasteiger partial charge >= 0.3 is 5.97 Å². The molecule has 0 bridgehead atoms. The Kier molecular flexibility index (Phi) is 11.3. The standard InChI is InChI=1S/C18H34N4O4/c1-11(2)9-13(5)16(24)22-18(19)20-8-6-7-14(17(25)26)21-15(23)10-12(3)4/h11-14H,6-10H2,1-5H3,(H,21,23)(H,25,26)(H3,19,20,22,24). The first-order valence-corrected chi connectivity index (χ1v) is 9.15. The Morgan fingerprint density at radius 2 is 1.69 bits per heavy atom. The van der Waals surface area contributed by atoms with E-state index in [1.54, 1.807) is 0 Å². The maximum atomic E-state index is 11.9. The van der Waals surface area contributed by atoms with Gasteiger partial charge in [-0.25, -0.2) is 4.79 Å². The molecule has 0 aliphatic rings. The predicted molar refractivity (Wildman–Crippen MR) is 102 cm³/mol. The van der Waals surface area contributed by atoms with Gasteiger partial charge in [0.15, 0.2) is 5.96 Å². The van der Waals surface area contributed by atoms with E-state index in [-0.39, 0.29) is 49.0 Å². The predicted octanol–water partition coefficient (Wildman–Crippen LogP) is 1.50. The summed E-state index contributed by atoms with van der Waals surface area (Å²) in [4.78, 5) is 38.9. The van der Waals surface area contributed by atoms with Gasteiger partial charge < -0.3 is 16.2 Å². The second-order valence-electron chi connectivity index (χ2n) is 7.49. The number of hydrogen-bond acceptors (Lipinski definition) is 4. The maximum Gasteiger partial charge on any atom is 0.326 e. The highest BCUT2D eigenvalue weighted by molar-refractivity contribution is 5.97. The van der Waals surface area contributed by atoms with Crippen molar-refractivity contribution in [3.8, 4) is 0 Å². The van der Waals surface area contributed by atoms with Gasteiger partial charge in [0.05, 0.1) is 0 Å². The monoisotopic (exact) mass is 370 g/mol. The van der Waals surface area contributed by atoms with Gasteiger partial charge in [-0.2, -0.15) is 0 Å². The van der Waals surface area contributed by atoms with Crippen LogP contribution in [0.1, 0.15) is 60.3 Å². The van der Waals surface area contributed by atoms with E-state index in [1.807, 2.05) is 34.6 Å². The Balaban J connectivity index is 4.33. The number of carboxylic acids is 1. The topological polar surface area (TPSA) is 134 Å². The fourth-order valence-corrected chi connectivity index (χ4v) is 2.48. The van der Waals surface area contributed by atoms with Crippen LogP contribution in [0.2, 0.25) is 0 Å². The zero-order chi connectivity index (χ0) is 20.3. The van der Waals surface area contributed by atoms with Crippen LogP contribution < -0.4 is 16.4 Å². The second kappa shape index (κ2) is 12.3. The summed E-state index contributed by atoms with van der Waals surface area (Å²) in [7, 11) is 0. The van der Waals surface area contributed by atoms with Gasteiger partial charge in [0.1, 0.15) is 6.04 Å². The van der Waals surface area contributed by atoms with Crippen molar-refractivity contribution >= 4 is 23.7 Å². The summed E-state index contributed by atoms with van der Waals surface area (Å²) in [6.07, 6.45) is 1.72. The summed E-state index contributed by atoms with van der Waals surface area (Å²) < 4.78 is 0. The first-order chi connectivity index (χ1) is 12.0. The van der Waals surface area contributed by atoms with E-state index in [4.69, 9.17) is 5.73 Å². The third kappa shape index (κ3) is 11.4. The number of amides is 2. The number of aliphatic carboxylic acids is 1. The summed E-state index contributed by atoms with van der Waals surface area (Å²) in [6.45, 7) is 9.97. The van der Waals surface area contributed by atoms with Crippen LogP contribution in [-0.2, 0) is 14.4 Å². The molecule has 0 saturated heterocycles. The third-order valence-corrected chi connectivity index (χ3v) is 3.68. The molecule has 0 aromatic rings. The van der Waals surface area contributed by atoms with Crippen molar-refractivity contribution in [1.29, 1.82) is 0 Å². The smallest absolute Gasteiger partial charge is 0.326 e. The average molecular weight is 370 g/mol. The lowest BCUT2D eigenvalue weighted by Gasteiger charge is -2.15. The zero-order valence-corrected chi connectivity index (χ0v) is 16.5. The van der Waals surface area contributed by atoms with Gasteiger partial charge in [0, 0.05) is 18.9 Å². The summed E-state index contributed by atoms with van der Waals surface area (Å²) in [5.41, 5.74) is 5.69. The minimum atomic E-state index is -1.07. The van der Waals surface area contributed by atoms with Crippen molar-refractivity contribution in [1.82, 2.24) is 10.6 Å². The normalized spacial score (nSPS) is 14.2. The van der Waals surface area contributed by atoms with Crippen LogP contribution in [0.3, 0.4) is 0 Å². The first-order valence-electron chi connectivity index (χ1n) is 9.15. The SMILES string of the molecule is CC(C)CC(=O)NC(CCCN=C(N)NC(=O)C(C)CC(C)C)C(=O)O. The lowest BCUT2D eigenvalue weighted by Crippen LogP contribution is -2.41. The molecule has 26 heavy (non-hydrogen) atoms. The Labute approximate surface area is 156 Å². The van der Waals surface area contributed by atoms with Gasteiger partial charge in [0.2, 0.25) is 11.8 Å². The van der Waals surface area contributed by atoms with Gasteiger partial charge in [-0.3, -0.25) is 19.9 Å². The molecule has 2 unspecified atom stereocenters. The number of carbonyl (C=O) groups excluding carboxylic acids is 2. The van der Waals surface area contributed by atoms with E-state index in [2.05, 4.69) is 15.6 Å². The molecule has 5 N–H and O–H groups in total. The molecule has 0 spiro atoms. The van der Waals surface area contributed by atoms with Crippen molar-refractivity contribution < 1.29 is 19.5 Å². The molecule has 0 rings (SSSR count).